The van der Waals surface area contributed by atoms with Crippen molar-refractivity contribution in [3.63, 3.8) is 0 Å². The third-order valence-electron chi connectivity index (χ3n) is 4.36. The van der Waals surface area contributed by atoms with E-state index in [-0.39, 0.29) is 12.0 Å². The monoisotopic (exact) mass is 429 g/mol. The molecular formula is C21H24BrN3O2. The minimum absolute atomic E-state index is 0.118. The van der Waals surface area contributed by atoms with Crippen LogP contribution in [0.2, 0.25) is 0 Å². The van der Waals surface area contributed by atoms with E-state index in [1.165, 1.54) is 0 Å². The van der Waals surface area contributed by atoms with Gasteiger partial charge in [-0.2, -0.15) is 4.98 Å². The van der Waals surface area contributed by atoms with Gasteiger partial charge in [-0.05, 0) is 42.2 Å². The summed E-state index contributed by atoms with van der Waals surface area (Å²) >= 11 is 3.43. The number of aromatic nitrogens is 2. The number of aliphatic hydroxyl groups excluding tert-OH is 1. The first-order chi connectivity index (χ1) is 13.0. The fraction of sp³-hybridized carbons (Fsp3) is 0.333. The van der Waals surface area contributed by atoms with Gasteiger partial charge in [0.1, 0.15) is 0 Å². The molecular weight excluding hydrogens is 406 g/mol. The fourth-order valence-electron chi connectivity index (χ4n) is 2.91. The normalized spacial score (nSPS) is 13.7. The first kappa shape index (κ1) is 19.7. The van der Waals surface area contributed by atoms with Gasteiger partial charge in [0.05, 0.1) is 12.1 Å². The molecule has 2 aromatic carbocycles. The predicted octanol–water partition coefficient (Wildman–Crippen LogP) is 4.39. The highest BCUT2D eigenvalue weighted by atomic mass is 79.9. The molecule has 3 aromatic rings. The van der Waals surface area contributed by atoms with Crippen LogP contribution in [0.15, 0.2) is 63.6 Å². The van der Waals surface area contributed by atoms with Crippen LogP contribution in [-0.2, 0) is 6.42 Å². The van der Waals surface area contributed by atoms with Crippen molar-refractivity contribution >= 4 is 15.9 Å². The van der Waals surface area contributed by atoms with Crippen molar-refractivity contribution in [3.05, 3.63) is 70.5 Å². The van der Waals surface area contributed by atoms with E-state index >= 15 is 0 Å². The molecule has 5 nitrogen and oxygen atoms in total. The summed E-state index contributed by atoms with van der Waals surface area (Å²) in [5.74, 6) is 1.34. The van der Waals surface area contributed by atoms with E-state index in [2.05, 4.69) is 45.2 Å². The van der Waals surface area contributed by atoms with E-state index in [4.69, 9.17) is 4.52 Å². The molecule has 2 unspecified atom stereocenters. The van der Waals surface area contributed by atoms with E-state index < -0.39 is 6.10 Å². The molecule has 0 aliphatic carbocycles. The van der Waals surface area contributed by atoms with Crippen LogP contribution in [0.1, 0.15) is 31.3 Å². The van der Waals surface area contributed by atoms with Gasteiger partial charge in [0.15, 0.2) is 0 Å². The zero-order valence-corrected chi connectivity index (χ0v) is 17.1. The lowest BCUT2D eigenvalue weighted by Crippen LogP contribution is -2.34. The first-order valence-corrected chi connectivity index (χ1v) is 9.87. The van der Waals surface area contributed by atoms with Crippen LogP contribution < -0.4 is 5.32 Å². The van der Waals surface area contributed by atoms with Crippen LogP contribution in [0, 0.1) is 5.92 Å². The maximum absolute atomic E-state index is 10.4. The number of rotatable bonds is 8. The van der Waals surface area contributed by atoms with Gasteiger partial charge >= 0.3 is 0 Å². The van der Waals surface area contributed by atoms with E-state index in [0.29, 0.717) is 24.7 Å². The summed E-state index contributed by atoms with van der Waals surface area (Å²) in [5.41, 5.74) is 2.02. The molecule has 0 amide bonds. The molecule has 2 N–H and O–H groups in total. The van der Waals surface area contributed by atoms with Crippen molar-refractivity contribution in [2.75, 3.05) is 6.54 Å². The van der Waals surface area contributed by atoms with Crippen molar-refractivity contribution < 1.29 is 9.63 Å². The lowest BCUT2D eigenvalue weighted by molar-refractivity contribution is 0.158. The number of nitrogens with zero attached hydrogens (tertiary/aromatic N) is 2. The molecule has 0 aliphatic heterocycles. The molecule has 27 heavy (non-hydrogen) atoms. The Morgan fingerprint density at radius 1 is 1.07 bits per heavy atom. The topological polar surface area (TPSA) is 71.2 Å². The van der Waals surface area contributed by atoms with Crippen LogP contribution in [0.25, 0.3) is 11.4 Å². The summed E-state index contributed by atoms with van der Waals surface area (Å²) in [5, 5.41) is 17.8. The molecule has 0 bridgehead atoms. The van der Waals surface area contributed by atoms with E-state index in [1.807, 2.05) is 54.6 Å². The van der Waals surface area contributed by atoms with Crippen molar-refractivity contribution in [3.8, 4) is 11.4 Å². The molecule has 0 aliphatic rings. The number of hydrogen-bond donors (Lipinski definition) is 2. The van der Waals surface area contributed by atoms with E-state index in [9.17, 15) is 5.11 Å². The largest absolute Gasteiger partial charge is 0.391 e. The molecule has 0 radical (unpaired) electrons. The minimum Gasteiger partial charge on any atom is -0.391 e. The third kappa shape index (κ3) is 5.48. The molecule has 1 aromatic heterocycles. The first-order valence-electron chi connectivity index (χ1n) is 9.08. The number of aliphatic hydroxyl groups is 1. The summed E-state index contributed by atoms with van der Waals surface area (Å²) < 4.78 is 6.51. The van der Waals surface area contributed by atoms with Gasteiger partial charge in [-0.15, -0.1) is 0 Å². The summed E-state index contributed by atoms with van der Waals surface area (Å²) in [6.07, 6.45) is 0.120. The molecule has 0 saturated carbocycles. The zero-order chi connectivity index (χ0) is 19.2. The fourth-order valence-corrected chi connectivity index (χ4v) is 3.17. The minimum atomic E-state index is -0.484. The molecule has 3 rings (SSSR count). The predicted molar refractivity (Wildman–Crippen MR) is 109 cm³/mol. The summed E-state index contributed by atoms with van der Waals surface area (Å²) in [7, 11) is 0. The van der Waals surface area contributed by atoms with Gasteiger partial charge in [-0.1, -0.05) is 65.3 Å². The van der Waals surface area contributed by atoms with Gasteiger partial charge in [-0.3, -0.25) is 0 Å². The second kappa shape index (κ2) is 9.26. The molecule has 2 atom stereocenters. The number of nitrogens with one attached hydrogen (secondary N) is 1. The van der Waals surface area contributed by atoms with Crippen LogP contribution in [0.4, 0.5) is 0 Å². The smallest absolute Gasteiger partial charge is 0.244 e. The van der Waals surface area contributed by atoms with Gasteiger partial charge in [-0.25, -0.2) is 0 Å². The molecule has 0 fully saturated rings. The van der Waals surface area contributed by atoms with E-state index in [0.717, 1.165) is 15.6 Å². The van der Waals surface area contributed by atoms with Crippen molar-refractivity contribution in [1.29, 1.82) is 0 Å². The Morgan fingerprint density at radius 2 is 1.78 bits per heavy atom. The standard InChI is InChI=1S/C21H24BrN3O2/c1-14(2)19(23-13-18(26)12-15-6-4-3-5-7-15)21-24-20(25-27-21)16-8-10-17(22)11-9-16/h3-11,14,18-19,23,26H,12-13H2,1-2H3. The van der Waals surface area contributed by atoms with Crippen LogP contribution in [0.5, 0.6) is 0 Å². The number of benzene rings is 2. The lowest BCUT2D eigenvalue weighted by atomic mass is 10.0. The Morgan fingerprint density at radius 3 is 2.44 bits per heavy atom. The highest BCUT2D eigenvalue weighted by Crippen LogP contribution is 2.24. The van der Waals surface area contributed by atoms with Crippen LogP contribution in [-0.4, -0.2) is 27.9 Å². The van der Waals surface area contributed by atoms with Crippen LogP contribution in [0.3, 0.4) is 0 Å². The highest BCUT2D eigenvalue weighted by Gasteiger charge is 2.23. The molecule has 6 heteroatoms. The Balaban J connectivity index is 1.64. The van der Waals surface area contributed by atoms with Gasteiger partial charge < -0.3 is 14.9 Å². The average Bonchev–Trinajstić information content (AvgIpc) is 3.13. The number of halogens is 1. The second-order valence-electron chi connectivity index (χ2n) is 6.94. The average molecular weight is 430 g/mol. The third-order valence-corrected chi connectivity index (χ3v) is 4.89. The van der Waals surface area contributed by atoms with Gasteiger partial charge in [0, 0.05) is 16.6 Å². The Bertz CT molecular complexity index is 834. The van der Waals surface area contributed by atoms with Gasteiger partial charge in [0.25, 0.3) is 0 Å². The van der Waals surface area contributed by atoms with Crippen LogP contribution >= 0.6 is 15.9 Å². The quantitative estimate of drug-likeness (QED) is 0.555. The summed E-state index contributed by atoms with van der Waals surface area (Å²) in [4.78, 5) is 4.56. The molecule has 0 spiro atoms. The zero-order valence-electron chi connectivity index (χ0n) is 15.5. The van der Waals surface area contributed by atoms with E-state index in [1.54, 1.807) is 0 Å². The molecule has 142 valence electrons. The maximum atomic E-state index is 10.4. The number of hydrogen-bond acceptors (Lipinski definition) is 5. The molecule has 0 saturated heterocycles. The summed E-state index contributed by atoms with van der Waals surface area (Å²) in [6.45, 7) is 4.63. The SMILES string of the molecule is CC(C)C(NCC(O)Cc1ccccc1)c1nc(-c2ccc(Br)cc2)no1. The highest BCUT2D eigenvalue weighted by molar-refractivity contribution is 9.10. The Labute approximate surface area is 167 Å². The van der Waals surface area contributed by atoms with Crippen molar-refractivity contribution in [2.45, 2.75) is 32.4 Å². The molecule has 1 heterocycles. The maximum Gasteiger partial charge on any atom is 0.244 e. The second-order valence-corrected chi connectivity index (χ2v) is 7.85. The Hall–Kier alpha value is -2.02. The van der Waals surface area contributed by atoms with Gasteiger partial charge in [0.2, 0.25) is 11.7 Å². The lowest BCUT2D eigenvalue weighted by Gasteiger charge is -2.20. The summed E-state index contributed by atoms with van der Waals surface area (Å²) in [6, 6.07) is 17.6. The Kier molecular flexibility index (Phi) is 6.77. The van der Waals surface area contributed by atoms with Crippen molar-refractivity contribution in [1.82, 2.24) is 15.5 Å². The van der Waals surface area contributed by atoms with Crippen molar-refractivity contribution in [2.24, 2.45) is 5.92 Å².